The molecule has 0 aromatic rings. The molecule has 0 fully saturated rings. The lowest BCUT2D eigenvalue weighted by molar-refractivity contribution is -0.162. The van der Waals surface area contributed by atoms with E-state index in [9.17, 15) is 28.8 Å². The Hall–Kier alpha value is -0.810. The third-order valence-corrected chi connectivity index (χ3v) is 14.4. The van der Waals surface area contributed by atoms with Gasteiger partial charge in [-0.1, -0.05) is 78.9 Å². The Balaban J connectivity index is 5.21. The first-order valence-electron chi connectivity index (χ1n) is 15.2. The molecule has 0 aliphatic rings. The molecular formula is C30H44O12S9. The van der Waals surface area contributed by atoms with Gasteiger partial charge in [0.1, 0.15) is 46.2 Å². The van der Waals surface area contributed by atoms with Crippen LogP contribution >= 0.6 is 107 Å². The van der Waals surface area contributed by atoms with Crippen LogP contribution in [0.5, 0.6) is 0 Å². The van der Waals surface area contributed by atoms with Gasteiger partial charge in [0.05, 0.1) is 46.0 Å². The zero-order valence-corrected chi connectivity index (χ0v) is 36.7. The minimum Gasteiger partial charge on any atom is -0.468 e. The van der Waals surface area contributed by atoms with E-state index in [1.165, 1.54) is 56.6 Å². The van der Waals surface area contributed by atoms with Crippen LogP contribution in [-0.2, 0) is 57.2 Å². The van der Waals surface area contributed by atoms with E-state index < -0.39 is 57.0 Å². The Labute approximate surface area is 341 Å². The highest BCUT2D eigenvalue weighted by Crippen LogP contribution is 2.28. The fraction of sp³-hybridized carbons (Fsp3) is 0.700. The van der Waals surface area contributed by atoms with Gasteiger partial charge in [-0.3, -0.25) is 28.8 Å². The molecule has 0 spiro atoms. The highest BCUT2D eigenvalue weighted by atomic mass is 32.2. The first kappa shape index (κ1) is 50.2. The second-order valence-corrected chi connectivity index (χ2v) is 21.1. The minimum absolute atomic E-state index is 0.0187. The second kappa shape index (κ2) is 28.6. The van der Waals surface area contributed by atoms with E-state index in [0.717, 1.165) is 35.3 Å². The highest BCUT2D eigenvalue weighted by Gasteiger charge is 2.34. The number of esters is 6. The van der Waals surface area contributed by atoms with Crippen LogP contribution in [0.2, 0.25) is 0 Å². The summed E-state index contributed by atoms with van der Waals surface area (Å²) in [6.07, 6.45) is 0.393. The molecule has 0 N–H and O–H groups in total. The summed E-state index contributed by atoms with van der Waals surface area (Å²) in [6.45, 7) is 6.25. The molecule has 290 valence electrons. The monoisotopic (exact) mass is 884 g/mol. The Morgan fingerprint density at radius 1 is 0.529 bits per heavy atom. The fourth-order valence-corrected chi connectivity index (χ4v) is 10.8. The van der Waals surface area contributed by atoms with E-state index >= 15 is 0 Å². The molecule has 0 saturated carbocycles. The van der Waals surface area contributed by atoms with Gasteiger partial charge in [0.15, 0.2) is 0 Å². The molecule has 21 heteroatoms. The first-order chi connectivity index (χ1) is 24.0. The molecule has 0 bridgehead atoms. The summed E-state index contributed by atoms with van der Waals surface area (Å²) in [5.41, 5.74) is -1.03. The van der Waals surface area contributed by atoms with Gasteiger partial charge in [-0.2, -0.15) is 0 Å². The van der Waals surface area contributed by atoms with Gasteiger partial charge in [-0.25, -0.2) is 0 Å². The molecule has 0 rings (SSSR count). The fourth-order valence-electron chi connectivity index (χ4n) is 3.18. The zero-order valence-electron chi connectivity index (χ0n) is 29.4. The lowest BCUT2D eigenvalue weighted by Gasteiger charge is -2.31. The van der Waals surface area contributed by atoms with E-state index in [2.05, 4.69) is 0 Å². The summed E-state index contributed by atoms with van der Waals surface area (Å²) in [6, 6.07) is 0. The van der Waals surface area contributed by atoms with Crippen molar-refractivity contribution in [3.63, 3.8) is 0 Å². The van der Waals surface area contributed by atoms with Crippen molar-refractivity contribution in [3.8, 4) is 0 Å². The minimum atomic E-state index is -1.03. The number of carbonyl (C=O) groups is 6. The van der Waals surface area contributed by atoms with Crippen LogP contribution in [0.15, 0.2) is 0 Å². The second-order valence-electron chi connectivity index (χ2n) is 10.2. The third-order valence-electron chi connectivity index (χ3n) is 6.36. The molecule has 0 aliphatic heterocycles. The van der Waals surface area contributed by atoms with Gasteiger partial charge in [0.2, 0.25) is 0 Å². The van der Waals surface area contributed by atoms with Crippen LogP contribution in [0.3, 0.4) is 0 Å². The van der Waals surface area contributed by atoms with Crippen molar-refractivity contribution in [2.45, 2.75) is 69.1 Å². The normalized spacial score (nSPS) is 12.8. The smallest absolute Gasteiger partial charge is 0.318 e. The average Bonchev–Trinajstić information content (AvgIpc) is 3.10. The van der Waals surface area contributed by atoms with Gasteiger partial charge in [-0.15, -0.1) is 35.3 Å². The third kappa shape index (κ3) is 23.6. The van der Waals surface area contributed by atoms with Gasteiger partial charge >= 0.3 is 35.8 Å². The van der Waals surface area contributed by atoms with Crippen LogP contribution < -0.4 is 0 Å². The van der Waals surface area contributed by atoms with Gasteiger partial charge in [0.25, 0.3) is 0 Å². The van der Waals surface area contributed by atoms with E-state index in [0.29, 0.717) is 34.3 Å². The molecule has 0 heterocycles. The van der Waals surface area contributed by atoms with Crippen molar-refractivity contribution in [3.05, 3.63) is 0 Å². The van der Waals surface area contributed by atoms with Crippen LogP contribution in [-0.4, -0.2) is 121 Å². The molecule has 12 nitrogen and oxygen atoms in total. The van der Waals surface area contributed by atoms with Crippen LogP contribution in [0.25, 0.3) is 0 Å². The van der Waals surface area contributed by atoms with E-state index in [1.54, 1.807) is 27.7 Å². The molecule has 0 saturated heterocycles. The quantitative estimate of drug-likeness (QED) is 0.0695. The molecular weight excluding hydrogens is 841 g/mol. The Morgan fingerprint density at radius 3 is 1.00 bits per heavy atom. The topological polar surface area (TPSA) is 158 Å². The van der Waals surface area contributed by atoms with Crippen LogP contribution in [0.4, 0.5) is 0 Å². The molecule has 0 aromatic heterocycles. The van der Waals surface area contributed by atoms with Gasteiger partial charge in [-0.05, 0) is 27.2 Å². The Morgan fingerprint density at radius 2 is 0.784 bits per heavy atom. The Kier molecular flexibility index (Phi) is 28.2. The average molecular weight is 885 g/mol. The van der Waals surface area contributed by atoms with Crippen molar-refractivity contribution in [2.24, 2.45) is 5.41 Å². The summed E-state index contributed by atoms with van der Waals surface area (Å²) in [5.74, 6) is -1.86. The van der Waals surface area contributed by atoms with Crippen LogP contribution in [0.1, 0.15) is 53.4 Å². The number of hydrogen-bond acceptors (Lipinski definition) is 21. The van der Waals surface area contributed by atoms with Gasteiger partial charge in [0, 0.05) is 17.3 Å². The predicted octanol–water partition coefficient (Wildman–Crippen LogP) is 6.12. The summed E-state index contributed by atoms with van der Waals surface area (Å²) in [5, 5.41) is -1.44. The maximum Gasteiger partial charge on any atom is 0.318 e. The van der Waals surface area contributed by atoms with Crippen LogP contribution in [0, 0.1) is 5.41 Å². The number of carbonyl (C=O) groups excluding carboxylic acids is 6. The van der Waals surface area contributed by atoms with E-state index in [4.69, 9.17) is 65.1 Å². The number of methoxy groups -OCH3 is 3. The molecule has 51 heavy (non-hydrogen) atoms. The summed E-state index contributed by atoms with van der Waals surface area (Å²) >= 11 is 23.0. The first-order valence-corrected chi connectivity index (χ1v) is 22.1. The number of rotatable bonds is 22. The number of thioether (sulfide) groups is 6. The zero-order chi connectivity index (χ0) is 39.0. The predicted molar refractivity (Wildman–Crippen MR) is 222 cm³/mol. The molecule has 0 amide bonds. The maximum absolute atomic E-state index is 12.7. The van der Waals surface area contributed by atoms with E-state index in [-0.39, 0.29) is 39.1 Å². The Bertz CT molecular complexity index is 1080. The van der Waals surface area contributed by atoms with Crippen molar-refractivity contribution in [1.82, 2.24) is 0 Å². The van der Waals surface area contributed by atoms with Crippen molar-refractivity contribution in [1.29, 1.82) is 0 Å². The standard InChI is InChI=1S/C30H44O12S9/c1-8-30(15-40-21(31)9-12-46-27(43)49-18(2)24(34)37-5,16-41-22(32)10-13-47-28(44)50-19(3)25(35)38-6)17-42-23(33)11-14-48-29(45)51-20(4)26(36)39-7/h18-20H,8-17H2,1-7H3/t18-,19-,20-/m1/s1. The van der Waals surface area contributed by atoms with Crippen molar-refractivity contribution >= 4 is 154 Å². The number of hydrogen-bond donors (Lipinski definition) is 0. The summed E-state index contributed by atoms with van der Waals surface area (Å²) < 4.78 is 32.2. The lowest BCUT2D eigenvalue weighted by Crippen LogP contribution is -2.39. The molecule has 0 aromatic carbocycles. The molecule has 0 unspecified atom stereocenters. The molecule has 0 aliphatic carbocycles. The molecule has 3 atom stereocenters. The maximum atomic E-state index is 12.7. The van der Waals surface area contributed by atoms with Crippen molar-refractivity contribution < 1.29 is 57.2 Å². The number of ether oxygens (including phenoxy) is 6. The lowest BCUT2D eigenvalue weighted by atomic mass is 9.88. The number of thiocarbonyl (C=S) groups is 3. The summed E-state index contributed by atoms with van der Waals surface area (Å²) in [4.78, 5) is 72.8. The molecule has 0 radical (unpaired) electrons. The summed E-state index contributed by atoms with van der Waals surface area (Å²) in [7, 11) is 3.88. The largest absolute Gasteiger partial charge is 0.468 e. The highest BCUT2D eigenvalue weighted by molar-refractivity contribution is 8.48. The van der Waals surface area contributed by atoms with Gasteiger partial charge < -0.3 is 28.4 Å². The van der Waals surface area contributed by atoms with Crippen molar-refractivity contribution in [2.75, 3.05) is 58.4 Å². The SMILES string of the molecule is CCC(COC(=O)CCSC(=S)S[C@H](C)C(=O)OC)(COC(=O)CCSC(=S)S[C@H](C)C(=O)OC)COC(=O)CCSC(=S)S[C@H](C)C(=O)OC. The van der Waals surface area contributed by atoms with E-state index in [1.807, 2.05) is 0 Å².